The molecule has 3 aromatic rings. The number of benzene rings is 2. The molecule has 0 radical (unpaired) electrons. The van der Waals surface area contributed by atoms with Gasteiger partial charge in [-0.2, -0.15) is 0 Å². The Morgan fingerprint density at radius 2 is 1.82 bits per heavy atom. The Bertz CT molecular complexity index is 1260. The predicted octanol–water partition coefficient (Wildman–Crippen LogP) is 4.33. The number of pyridine rings is 1. The molecule has 2 aliphatic heterocycles. The molecule has 0 N–H and O–H groups in total. The van der Waals surface area contributed by atoms with Crippen molar-refractivity contribution < 1.29 is 19.1 Å². The molecule has 2 amide bonds. The van der Waals surface area contributed by atoms with Gasteiger partial charge in [-0.15, -0.1) is 0 Å². The van der Waals surface area contributed by atoms with Crippen molar-refractivity contribution in [1.82, 2.24) is 9.88 Å². The number of amides is 2. The van der Waals surface area contributed by atoms with Gasteiger partial charge in [0, 0.05) is 34.9 Å². The van der Waals surface area contributed by atoms with Gasteiger partial charge >= 0.3 is 0 Å². The fourth-order valence-corrected chi connectivity index (χ4v) is 4.56. The molecule has 0 spiro atoms. The number of carbonyl (C=O) groups is 2. The van der Waals surface area contributed by atoms with Crippen LogP contribution in [0.15, 0.2) is 48.7 Å². The molecule has 0 bridgehead atoms. The van der Waals surface area contributed by atoms with E-state index in [1.807, 2.05) is 18.2 Å². The highest BCUT2D eigenvalue weighted by molar-refractivity contribution is 6.35. The zero-order valence-corrected chi connectivity index (χ0v) is 19.2. The van der Waals surface area contributed by atoms with Gasteiger partial charge in [0.15, 0.2) is 18.2 Å². The number of fused-ring (bicyclic) bond motifs is 2. The summed E-state index contributed by atoms with van der Waals surface area (Å²) in [7, 11) is 1.61. The second-order valence-corrected chi connectivity index (χ2v) is 8.73. The van der Waals surface area contributed by atoms with Crippen LogP contribution in [0.3, 0.4) is 0 Å². The maximum atomic E-state index is 13.1. The minimum Gasteiger partial charge on any atom is -0.497 e. The van der Waals surface area contributed by atoms with E-state index in [0.29, 0.717) is 34.7 Å². The second kappa shape index (κ2) is 8.57. The monoisotopic (exact) mass is 483 g/mol. The van der Waals surface area contributed by atoms with Crippen molar-refractivity contribution in [3.8, 4) is 22.6 Å². The molecule has 2 aliphatic rings. The molecule has 9 heteroatoms. The Morgan fingerprint density at radius 1 is 1.06 bits per heavy atom. The maximum Gasteiger partial charge on any atom is 0.266 e. The van der Waals surface area contributed by atoms with E-state index in [2.05, 4.69) is 4.98 Å². The van der Waals surface area contributed by atoms with Crippen molar-refractivity contribution in [1.29, 1.82) is 0 Å². The van der Waals surface area contributed by atoms with Gasteiger partial charge in [0.05, 0.1) is 7.11 Å². The van der Waals surface area contributed by atoms with Crippen molar-refractivity contribution in [2.75, 3.05) is 25.2 Å². The van der Waals surface area contributed by atoms with Gasteiger partial charge in [0.25, 0.3) is 5.91 Å². The first kappa shape index (κ1) is 21.6. The summed E-state index contributed by atoms with van der Waals surface area (Å²) in [5.41, 5.74) is 3.62. The predicted molar refractivity (Wildman–Crippen MR) is 125 cm³/mol. The van der Waals surface area contributed by atoms with Gasteiger partial charge in [0.1, 0.15) is 12.3 Å². The van der Waals surface area contributed by atoms with Crippen LogP contribution in [0.5, 0.6) is 11.5 Å². The van der Waals surface area contributed by atoms with Crippen LogP contribution in [0.25, 0.3) is 11.1 Å². The molecular weight excluding hydrogens is 465 g/mol. The number of hydrogen-bond acceptors (Lipinski definition) is 5. The highest BCUT2D eigenvalue weighted by Gasteiger charge is 2.32. The lowest BCUT2D eigenvalue weighted by Gasteiger charge is -2.29. The van der Waals surface area contributed by atoms with E-state index in [4.69, 9.17) is 32.7 Å². The summed E-state index contributed by atoms with van der Waals surface area (Å²) >= 11 is 12.2. The van der Waals surface area contributed by atoms with E-state index in [-0.39, 0.29) is 25.0 Å². The Kier molecular flexibility index (Phi) is 5.60. The number of ether oxygens (including phenoxy) is 2. The third-order valence-electron chi connectivity index (χ3n) is 5.72. The molecule has 0 aliphatic carbocycles. The smallest absolute Gasteiger partial charge is 0.266 e. The molecule has 0 saturated carbocycles. The first-order valence-electron chi connectivity index (χ1n) is 10.2. The number of anilines is 1. The number of carbonyl (C=O) groups excluding carboxylic acids is 2. The molecule has 0 unspecified atom stereocenters. The van der Waals surface area contributed by atoms with Crippen molar-refractivity contribution in [2.45, 2.75) is 13.1 Å². The zero-order chi connectivity index (χ0) is 23.1. The van der Waals surface area contributed by atoms with Crippen molar-refractivity contribution in [3.63, 3.8) is 0 Å². The van der Waals surface area contributed by atoms with E-state index >= 15 is 0 Å². The van der Waals surface area contributed by atoms with Crippen molar-refractivity contribution in [3.05, 3.63) is 69.8 Å². The molecule has 0 fully saturated rings. The van der Waals surface area contributed by atoms with Gasteiger partial charge in [-0.25, -0.2) is 4.98 Å². The Labute approximate surface area is 200 Å². The molecule has 0 atom stereocenters. The minimum absolute atomic E-state index is 0.115. The van der Waals surface area contributed by atoms with E-state index in [1.54, 1.807) is 42.5 Å². The molecule has 2 aromatic carbocycles. The number of aromatic nitrogens is 1. The quantitative estimate of drug-likeness (QED) is 0.552. The largest absolute Gasteiger partial charge is 0.497 e. The topological polar surface area (TPSA) is 72.0 Å². The van der Waals surface area contributed by atoms with Crippen LogP contribution in [-0.2, 0) is 22.7 Å². The van der Waals surface area contributed by atoms with Gasteiger partial charge in [-0.05, 0) is 53.1 Å². The normalized spacial score (nSPS) is 14.6. The van der Waals surface area contributed by atoms with Crippen molar-refractivity contribution in [2.24, 2.45) is 0 Å². The molecule has 3 heterocycles. The second-order valence-electron chi connectivity index (χ2n) is 7.86. The fourth-order valence-electron chi connectivity index (χ4n) is 4.03. The van der Waals surface area contributed by atoms with E-state index < -0.39 is 0 Å². The van der Waals surface area contributed by atoms with E-state index in [9.17, 15) is 9.59 Å². The van der Waals surface area contributed by atoms with Crippen LogP contribution in [0, 0.1) is 0 Å². The van der Waals surface area contributed by atoms with E-state index in [1.165, 1.54) is 4.90 Å². The first-order chi connectivity index (χ1) is 15.9. The van der Waals surface area contributed by atoms with Crippen LogP contribution < -0.4 is 14.4 Å². The summed E-state index contributed by atoms with van der Waals surface area (Å²) in [6.45, 7) is 0.679. The number of nitrogens with zero attached hydrogens (tertiary/aromatic N) is 3. The van der Waals surface area contributed by atoms with Gasteiger partial charge in [0.2, 0.25) is 5.91 Å². The van der Waals surface area contributed by atoms with Crippen LogP contribution in [-0.4, -0.2) is 42.0 Å². The van der Waals surface area contributed by atoms with E-state index in [0.717, 1.165) is 28.0 Å². The average Bonchev–Trinajstić information content (AvgIpc) is 3.23. The molecular formula is C24H19Cl2N3O4. The van der Waals surface area contributed by atoms with Crippen LogP contribution in [0.1, 0.15) is 11.1 Å². The third-order valence-corrected chi connectivity index (χ3v) is 6.16. The lowest BCUT2D eigenvalue weighted by molar-refractivity contribution is -0.132. The summed E-state index contributed by atoms with van der Waals surface area (Å²) in [5, 5.41) is 1.01. The van der Waals surface area contributed by atoms with Crippen LogP contribution >= 0.6 is 23.2 Å². The summed E-state index contributed by atoms with van der Waals surface area (Å²) in [4.78, 5) is 33.2. The Morgan fingerprint density at radius 3 is 2.58 bits per heavy atom. The number of hydrogen-bond donors (Lipinski definition) is 0. The summed E-state index contributed by atoms with van der Waals surface area (Å²) < 4.78 is 10.9. The average molecular weight is 484 g/mol. The van der Waals surface area contributed by atoms with Gasteiger partial charge in [-0.1, -0.05) is 29.3 Å². The standard InChI is InChI=1S/C24H19Cl2N3O4/c1-32-20-3-2-14-10-28(11-17(14)6-20)22(30)12-29-23(31)13-33-21-7-16(9-27-24(21)29)15-4-18(25)8-19(26)5-15/h2-9H,10-13H2,1H3. The third kappa shape index (κ3) is 4.21. The van der Waals surface area contributed by atoms with Crippen LogP contribution in [0.4, 0.5) is 5.82 Å². The fraction of sp³-hybridized carbons (Fsp3) is 0.208. The molecule has 0 saturated heterocycles. The Balaban J connectivity index is 1.36. The van der Waals surface area contributed by atoms with Crippen LogP contribution in [0.2, 0.25) is 10.0 Å². The summed E-state index contributed by atoms with van der Waals surface area (Å²) in [5.74, 6) is 1.00. The number of methoxy groups -OCH3 is 1. The highest BCUT2D eigenvalue weighted by atomic mass is 35.5. The lowest BCUT2D eigenvalue weighted by atomic mass is 10.1. The van der Waals surface area contributed by atoms with Crippen molar-refractivity contribution >= 4 is 40.8 Å². The zero-order valence-electron chi connectivity index (χ0n) is 17.7. The van der Waals surface area contributed by atoms with Gasteiger partial charge in [-0.3, -0.25) is 14.5 Å². The molecule has 33 heavy (non-hydrogen) atoms. The number of rotatable bonds is 4. The summed E-state index contributed by atoms with van der Waals surface area (Å²) in [6.07, 6.45) is 1.61. The first-order valence-corrected chi connectivity index (χ1v) is 11.0. The highest BCUT2D eigenvalue weighted by Crippen LogP contribution is 2.36. The lowest BCUT2D eigenvalue weighted by Crippen LogP contribution is -2.45. The Hall–Kier alpha value is -3.29. The summed E-state index contributed by atoms with van der Waals surface area (Å²) in [6, 6.07) is 12.7. The number of halogens is 2. The SMILES string of the molecule is COc1ccc2c(c1)CN(C(=O)CN1C(=O)COc3cc(-c4cc(Cl)cc(Cl)c4)cnc31)C2. The minimum atomic E-state index is -0.319. The molecule has 168 valence electrons. The maximum absolute atomic E-state index is 13.1. The van der Waals surface area contributed by atoms with Gasteiger partial charge < -0.3 is 14.4 Å². The molecule has 7 nitrogen and oxygen atoms in total. The molecule has 1 aromatic heterocycles. The molecule has 5 rings (SSSR count).